The van der Waals surface area contributed by atoms with E-state index in [0.29, 0.717) is 25.3 Å². The van der Waals surface area contributed by atoms with Gasteiger partial charge in [-0.05, 0) is 31.0 Å². The fraction of sp³-hybridized carbons (Fsp3) is 0.600. The molecule has 0 amide bonds. The zero-order valence-electron chi connectivity index (χ0n) is 12.3. The van der Waals surface area contributed by atoms with Gasteiger partial charge in [-0.1, -0.05) is 22.0 Å². The minimum absolute atomic E-state index is 0. The summed E-state index contributed by atoms with van der Waals surface area (Å²) in [6.07, 6.45) is 2.44. The number of likely N-dealkylation sites (tertiary alicyclic amines) is 1. The van der Waals surface area contributed by atoms with Crippen molar-refractivity contribution < 1.29 is 9.47 Å². The molecule has 0 saturated carbocycles. The second-order valence-corrected chi connectivity index (χ2v) is 6.03. The molecule has 0 radical (unpaired) electrons. The molecule has 0 aliphatic carbocycles. The SMILES string of the molecule is COC1CCN(CCOc2cccc(Br)c2)C(CN)C1.Cl. The first-order valence-electron chi connectivity index (χ1n) is 7.08. The number of methoxy groups -OCH3 is 1. The van der Waals surface area contributed by atoms with Crippen molar-refractivity contribution in [1.82, 2.24) is 4.90 Å². The predicted octanol–water partition coefficient (Wildman–Crippen LogP) is 2.69. The van der Waals surface area contributed by atoms with Gasteiger partial charge in [-0.15, -0.1) is 12.4 Å². The molecule has 2 rings (SSSR count). The molecular formula is C15H24BrClN2O2. The van der Waals surface area contributed by atoms with Gasteiger partial charge < -0.3 is 15.2 Å². The Morgan fingerprint density at radius 1 is 1.43 bits per heavy atom. The molecule has 0 bridgehead atoms. The standard InChI is InChI=1S/C15H23BrN2O2.ClH/c1-19-14-5-6-18(13(10-14)11-17)7-8-20-15-4-2-3-12(16)9-15;/h2-4,9,13-14H,5-8,10-11,17H2,1H3;1H. The summed E-state index contributed by atoms with van der Waals surface area (Å²) in [6, 6.07) is 8.33. The number of piperidine rings is 1. The van der Waals surface area contributed by atoms with E-state index in [1.165, 1.54) is 0 Å². The van der Waals surface area contributed by atoms with Crippen LogP contribution in [0.1, 0.15) is 12.8 Å². The van der Waals surface area contributed by atoms with Crippen LogP contribution in [-0.4, -0.2) is 50.4 Å². The number of hydrogen-bond acceptors (Lipinski definition) is 4. The van der Waals surface area contributed by atoms with Gasteiger partial charge in [-0.2, -0.15) is 0 Å². The van der Waals surface area contributed by atoms with E-state index in [2.05, 4.69) is 20.8 Å². The monoisotopic (exact) mass is 378 g/mol. The smallest absolute Gasteiger partial charge is 0.120 e. The Hall–Kier alpha value is -0.330. The first kappa shape index (κ1) is 18.7. The molecule has 1 aliphatic heterocycles. The van der Waals surface area contributed by atoms with Crippen molar-refractivity contribution in [3.63, 3.8) is 0 Å². The molecule has 0 aromatic heterocycles. The first-order chi connectivity index (χ1) is 9.72. The molecule has 1 aliphatic rings. The lowest BCUT2D eigenvalue weighted by Gasteiger charge is -2.38. The Kier molecular flexibility index (Phi) is 8.59. The summed E-state index contributed by atoms with van der Waals surface area (Å²) >= 11 is 3.45. The van der Waals surface area contributed by atoms with Crippen LogP contribution in [0.2, 0.25) is 0 Å². The number of halogens is 2. The molecule has 1 heterocycles. The fourth-order valence-electron chi connectivity index (χ4n) is 2.65. The van der Waals surface area contributed by atoms with Crippen molar-refractivity contribution >= 4 is 28.3 Å². The van der Waals surface area contributed by atoms with Gasteiger partial charge in [0.1, 0.15) is 12.4 Å². The number of nitrogens with zero attached hydrogens (tertiary/aromatic N) is 1. The Bertz CT molecular complexity index is 422. The lowest BCUT2D eigenvalue weighted by molar-refractivity contribution is 0.00923. The summed E-state index contributed by atoms with van der Waals surface area (Å²) in [5, 5.41) is 0. The zero-order chi connectivity index (χ0) is 14.4. The van der Waals surface area contributed by atoms with Gasteiger partial charge in [-0.3, -0.25) is 4.90 Å². The molecule has 1 aromatic rings. The molecule has 6 heteroatoms. The van der Waals surface area contributed by atoms with E-state index >= 15 is 0 Å². The maximum Gasteiger partial charge on any atom is 0.120 e. The second-order valence-electron chi connectivity index (χ2n) is 5.11. The minimum atomic E-state index is 0. The highest BCUT2D eigenvalue weighted by Gasteiger charge is 2.27. The van der Waals surface area contributed by atoms with E-state index in [4.69, 9.17) is 15.2 Å². The summed E-state index contributed by atoms with van der Waals surface area (Å²) in [6.45, 7) is 3.30. The summed E-state index contributed by atoms with van der Waals surface area (Å²) in [5.74, 6) is 0.899. The van der Waals surface area contributed by atoms with Crippen molar-refractivity contribution in [3.8, 4) is 5.75 Å². The Morgan fingerprint density at radius 2 is 2.24 bits per heavy atom. The van der Waals surface area contributed by atoms with Crippen LogP contribution in [-0.2, 0) is 4.74 Å². The van der Waals surface area contributed by atoms with Crippen molar-refractivity contribution in [1.29, 1.82) is 0 Å². The highest BCUT2D eigenvalue weighted by atomic mass is 79.9. The van der Waals surface area contributed by atoms with Crippen LogP contribution >= 0.6 is 28.3 Å². The molecule has 1 saturated heterocycles. The van der Waals surface area contributed by atoms with Crippen molar-refractivity contribution in [2.45, 2.75) is 25.0 Å². The first-order valence-corrected chi connectivity index (χ1v) is 7.87. The van der Waals surface area contributed by atoms with Gasteiger partial charge >= 0.3 is 0 Å². The second kappa shape index (κ2) is 9.64. The molecule has 21 heavy (non-hydrogen) atoms. The third-order valence-corrected chi connectivity index (χ3v) is 4.33. The van der Waals surface area contributed by atoms with Crippen molar-refractivity contribution in [2.24, 2.45) is 5.73 Å². The maximum atomic E-state index is 5.87. The maximum absolute atomic E-state index is 5.87. The normalized spacial score (nSPS) is 22.6. The quantitative estimate of drug-likeness (QED) is 0.825. The van der Waals surface area contributed by atoms with E-state index < -0.39 is 0 Å². The number of ether oxygens (including phenoxy) is 2. The average molecular weight is 380 g/mol. The summed E-state index contributed by atoms with van der Waals surface area (Å²) in [7, 11) is 1.78. The van der Waals surface area contributed by atoms with Crippen LogP contribution in [0.25, 0.3) is 0 Å². The third kappa shape index (κ3) is 5.75. The van der Waals surface area contributed by atoms with Crippen LogP contribution in [0, 0.1) is 0 Å². The summed E-state index contributed by atoms with van der Waals surface area (Å²) < 4.78 is 12.3. The van der Waals surface area contributed by atoms with E-state index in [1.54, 1.807) is 7.11 Å². The summed E-state index contributed by atoms with van der Waals surface area (Å²) in [5.41, 5.74) is 5.87. The summed E-state index contributed by atoms with van der Waals surface area (Å²) in [4.78, 5) is 2.41. The lowest BCUT2D eigenvalue weighted by Crippen LogP contribution is -2.49. The Morgan fingerprint density at radius 3 is 2.90 bits per heavy atom. The highest BCUT2D eigenvalue weighted by Crippen LogP contribution is 2.20. The third-order valence-electron chi connectivity index (χ3n) is 3.84. The number of nitrogens with two attached hydrogens (primary N) is 1. The van der Waals surface area contributed by atoms with Gasteiger partial charge in [0.25, 0.3) is 0 Å². The van der Waals surface area contributed by atoms with Gasteiger partial charge in [0.2, 0.25) is 0 Å². The number of benzene rings is 1. The molecule has 2 N–H and O–H groups in total. The van der Waals surface area contributed by atoms with Crippen molar-refractivity contribution in [2.75, 3.05) is 33.4 Å². The van der Waals surface area contributed by atoms with E-state index in [1.807, 2.05) is 24.3 Å². The van der Waals surface area contributed by atoms with E-state index in [9.17, 15) is 0 Å². The van der Waals surface area contributed by atoms with Crippen LogP contribution in [0.15, 0.2) is 28.7 Å². The molecular weight excluding hydrogens is 356 g/mol. The van der Waals surface area contributed by atoms with Gasteiger partial charge in [0.05, 0.1) is 6.10 Å². The zero-order valence-corrected chi connectivity index (χ0v) is 14.7. The van der Waals surface area contributed by atoms with Gasteiger partial charge in [0, 0.05) is 37.3 Å². The van der Waals surface area contributed by atoms with E-state index in [0.717, 1.165) is 36.2 Å². The molecule has 2 unspecified atom stereocenters. The topological polar surface area (TPSA) is 47.7 Å². The van der Waals surface area contributed by atoms with Gasteiger partial charge in [-0.25, -0.2) is 0 Å². The van der Waals surface area contributed by atoms with Crippen LogP contribution in [0.4, 0.5) is 0 Å². The average Bonchev–Trinajstić information content (AvgIpc) is 2.47. The lowest BCUT2D eigenvalue weighted by atomic mass is 9.99. The van der Waals surface area contributed by atoms with Crippen LogP contribution < -0.4 is 10.5 Å². The highest BCUT2D eigenvalue weighted by molar-refractivity contribution is 9.10. The Labute approximate surface area is 141 Å². The van der Waals surface area contributed by atoms with Crippen LogP contribution in [0.5, 0.6) is 5.75 Å². The van der Waals surface area contributed by atoms with Gasteiger partial charge in [0.15, 0.2) is 0 Å². The largest absolute Gasteiger partial charge is 0.492 e. The molecule has 1 aromatic carbocycles. The number of rotatable bonds is 6. The van der Waals surface area contributed by atoms with E-state index in [-0.39, 0.29) is 12.4 Å². The number of hydrogen-bond donors (Lipinski definition) is 1. The molecule has 0 spiro atoms. The molecule has 120 valence electrons. The van der Waals surface area contributed by atoms with Crippen molar-refractivity contribution in [3.05, 3.63) is 28.7 Å². The van der Waals surface area contributed by atoms with Crippen LogP contribution in [0.3, 0.4) is 0 Å². The fourth-order valence-corrected chi connectivity index (χ4v) is 3.03. The Balaban J connectivity index is 0.00000220. The molecule has 1 fully saturated rings. The molecule has 4 nitrogen and oxygen atoms in total. The predicted molar refractivity (Wildman–Crippen MR) is 91.3 cm³/mol. The minimum Gasteiger partial charge on any atom is -0.492 e. The molecule has 2 atom stereocenters.